The van der Waals surface area contributed by atoms with E-state index in [2.05, 4.69) is 15.9 Å². The predicted molar refractivity (Wildman–Crippen MR) is 69.2 cm³/mol. The smallest absolute Gasteiger partial charge is 0.354 e. The fraction of sp³-hybridized carbons (Fsp3) is 0.0769. The molecule has 0 aliphatic carbocycles. The average Bonchev–Trinajstić information content (AvgIpc) is 2.32. The second-order valence-corrected chi connectivity index (χ2v) is 4.65. The van der Waals surface area contributed by atoms with Crippen LogP contribution in [0.15, 0.2) is 37.9 Å². The van der Waals surface area contributed by atoms with Gasteiger partial charge in [-0.1, -0.05) is 15.9 Å². The molecule has 1 N–H and O–H groups in total. The molecule has 0 radical (unpaired) electrons. The van der Waals surface area contributed by atoms with E-state index in [-0.39, 0.29) is 17.1 Å². The first kappa shape index (κ1) is 12.4. The molecule has 0 aliphatic heterocycles. The molecule has 0 saturated heterocycles. The van der Waals surface area contributed by atoms with Crippen LogP contribution in [-0.2, 0) is 0 Å². The van der Waals surface area contributed by atoms with Crippen LogP contribution in [0, 0.1) is 18.3 Å². The van der Waals surface area contributed by atoms with Crippen LogP contribution in [0.2, 0.25) is 0 Å². The zero-order valence-electron chi connectivity index (χ0n) is 9.40. The number of benzene rings is 1. The minimum Gasteiger partial charge on any atom is -0.507 e. The fourth-order valence-electron chi connectivity index (χ4n) is 1.58. The molecule has 90 valence electrons. The standard InChI is InChI=1S/C13H8BrNO3/c1-7-4-12(18-13(17)10(7)6-15)9-5-8(14)2-3-11(9)16/h2-5,16H,1H3. The lowest BCUT2D eigenvalue weighted by molar-refractivity contribution is 0.469. The van der Waals surface area contributed by atoms with E-state index in [0.29, 0.717) is 11.1 Å². The van der Waals surface area contributed by atoms with Gasteiger partial charge in [-0.3, -0.25) is 0 Å². The van der Waals surface area contributed by atoms with Gasteiger partial charge < -0.3 is 9.52 Å². The van der Waals surface area contributed by atoms with Crippen molar-refractivity contribution in [3.63, 3.8) is 0 Å². The predicted octanol–water partition coefficient (Wildman–Crippen LogP) is 2.96. The molecule has 4 nitrogen and oxygen atoms in total. The molecule has 0 bridgehead atoms. The lowest BCUT2D eigenvalue weighted by Crippen LogP contribution is -2.06. The van der Waals surface area contributed by atoms with E-state index >= 15 is 0 Å². The SMILES string of the molecule is Cc1cc(-c2cc(Br)ccc2O)oc(=O)c1C#N. The van der Waals surface area contributed by atoms with Crippen molar-refractivity contribution < 1.29 is 9.52 Å². The van der Waals surface area contributed by atoms with Gasteiger partial charge >= 0.3 is 5.63 Å². The van der Waals surface area contributed by atoms with Gasteiger partial charge in [0, 0.05) is 4.47 Å². The maximum Gasteiger partial charge on any atom is 0.354 e. The number of rotatable bonds is 1. The minimum absolute atomic E-state index is 0.00505. The van der Waals surface area contributed by atoms with Gasteiger partial charge in [0.25, 0.3) is 0 Å². The zero-order valence-corrected chi connectivity index (χ0v) is 11.0. The molecule has 0 spiro atoms. The Morgan fingerprint density at radius 3 is 2.72 bits per heavy atom. The molecule has 1 aromatic heterocycles. The molecule has 2 aromatic rings. The van der Waals surface area contributed by atoms with Crippen molar-refractivity contribution >= 4 is 15.9 Å². The van der Waals surface area contributed by atoms with Crippen LogP contribution in [0.4, 0.5) is 0 Å². The molecule has 2 rings (SSSR count). The summed E-state index contributed by atoms with van der Waals surface area (Å²) in [6.45, 7) is 1.65. The van der Waals surface area contributed by atoms with Crippen molar-refractivity contribution in [3.05, 3.63) is 50.3 Å². The Hall–Kier alpha value is -2.06. The average molecular weight is 306 g/mol. The van der Waals surface area contributed by atoms with Crippen molar-refractivity contribution in [1.82, 2.24) is 0 Å². The van der Waals surface area contributed by atoms with Crippen molar-refractivity contribution in [3.8, 4) is 23.1 Å². The van der Waals surface area contributed by atoms with Crippen LogP contribution in [0.1, 0.15) is 11.1 Å². The Labute approximate surface area is 111 Å². The third-order valence-corrected chi connectivity index (χ3v) is 2.98. The maximum absolute atomic E-state index is 11.6. The minimum atomic E-state index is -0.702. The van der Waals surface area contributed by atoms with Crippen LogP contribution in [0.5, 0.6) is 5.75 Å². The van der Waals surface area contributed by atoms with E-state index in [1.807, 2.05) is 0 Å². The number of aryl methyl sites for hydroxylation is 1. The first-order valence-electron chi connectivity index (χ1n) is 5.06. The summed E-state index contributed by atoms with van der Waals surface area (Å²) < 4.78 is 5.79. The fourth-order valence-corrected chi connectivity index (χ4v) is 1.94. The zero-order chi connectivity index (χ0) is 13.3. The second kappa shape index (κ2) is 4.67. The third kappa shape index (κ3) is 2.15. The van der Waals surface area contributed by atoms with Crippen molar-refractivity contribution in [2.24, 2.45) is 0 Å². The second-order valence-electron chi connectivity index (χ2n) is 3.73. The molecule has 5 heteroatoms. The molecule has 1 aromatic carbocycles. The van der Waals surface area contributed by atoms with E-state index in [1.165, 1.54) is 6.07 Å². The summed E-state index contributed by atoms with van der Waals surface area (Å²) in [5, 5.41) is 18.5. The summed E-state index contributed by atoms with van der Waals surface area (Å²) in [5.74, 6) is 0.237. The van der Waals surface area contributed by atoms with Gasteiger partial charge in [-0.25, -0.2) is 4.79 Å². The molecule has 0 fully saturated rings. The topological polar surface area (TPSA) is 74.2 Å². The molecule has 0 saturated carbocycles. The highest BCUT2D eigenvalue weighted by molar-refractivity contribution is 9.10. The van der Waals surface area contributed by atoms with E-state index in [1.54, 1.807) is 31.2 Å². The van der Waals surface area contributed by atoms with Crippen LogP contribution in [-0.4, -0.2) is 5.11 Å². The Balaban J connectivity index is 2.70. The van der Waals surface area contributed by atoms with Gasteiger partial charge in [0.1, 0.15) is 23.1 Å². The van der Waals surface area contributed by atoms with Gasteiger partial charge in [0.05, 0.1) is 5.56 Å². The molecule has 0 amide bonds. The Bertz CT molecular complexity index is 713. The maximum atomic E-state index is 11.6. The number of phenols is 1. The molecule has 0 aliphatic rings. The summed E-state index contributed by atoms with van der Waals surface area (Å²) in [6, 6.07) is 8.15. The van der Waals surface area contributed by atoms with Crippen LogP contribution >= 0.6 is 15.9 Å². The Morgan fingerprint density at radius 2 is 2.11 bits per heavy atom. The summed E-state index contributed by atoms with van der Waals surface area (Å²) in [6.07, 6.45) is 0. The number of aromatic hydroxyl groups is 1. The van der Waals surface area contributed by atoms with E-state index in [9.17, 15) is 9.90 Å². The number of hydrogen-bond acceptors (Lipinski definition) is 4. The van der Waals surface area contributed by atoms with Crippen LogP contribution in [0.25, 0.3) is 11.3 Å². The number of nitriles is 1. The summed E-state index contributed by atoms with van der Waals surface area (Å²) >= 11 is 3.28. The normalized spacial score (nSPS) is 10.1. The molecule has 1 heterocycles. The largest absolute Gasteiger partial charge is 0.507 e. The van der Waals surface area contributed by atoms with E-state index in [0.717, 1.165) is 4.47 Å². The number of halogens is 1. The van der Waals surface area contributed by atoms with Gasteiger partial charge in [0.2, 0.25) is 0 Å². The van der Waals surface area contributed by atoms with Gasteiger partial charge in [-0.2, -0.15) is 5.26 Å². The highest BCUT2D eigenvalue weighted by Gasteiger charge is 2.12. The molecule has 18 heavy (non-hydrogen) atoms. The van der Waals surface area contributed by atoms with Crippen molar-refractivity contribution in [2.45, 2.75) is 6.92 Å². The highest BCUT2D eigenvalue weighted by atomic mass is 79.9. The Morgan fingerprint density at radius 1 is 1.39 bits per heavy atom. The molecular weight excluding hydrogens is 298 g/mol. The molecule has 0 unspecified atom stereocenters. The van der Waals surface area contributed by atoms with Gasteiger partial charge in [-0.05, 0) is 36.8 Å². The van der Waals surface area contributed by atoms with Crippen molar-refractivity contribution in [1.29, 1.82) is 5.26 Å². The quantitative estimate of drug-likeness (QED) is 0.879. The first-order valence-corrected chi connectivity index (χ1v) is 5.86. The van der Waals surface area contributed by atoms with E-state index < -0.39 is 5.63 Å². The number of phenolic OH excluding ortho intramolecular Hbond substituents is 1. The van der Waals surface area contributed by atoms with Gasteiger partial charge in [0.15, 0.2) is 0 Å². The number of nitrogens with zero attached hydrogens (tertiary/aromatic N) is 1. The molecular formula is C13H8BrNO3. The summed E-state index contributed by atoms with van der Waals surface area (Å²) in [7, 11) is 0. The summed E-state index contributed by atoms with van der Waals surface area (Å²) in [4.78, 5) is 11.6. The Kier molecular flexibility index (Phi) is 3.21. The van der Waals surface area contributed by atoms with Gasteiger partial charge in [-0.15, -0.1) is 0 Å². The van der Waals surface area contributed by atoms with Crippen molar-refractivity contribution in [2.75, 3.05) is 0 Å². The van der Waals surface area contributed by atoms with E-state index in [4.69, 9.17) is 9.68 Å². The monoisotopic (exact) mass is 305 g/mol. The lowest BCUT2D eigenvalue weighted by atomic mass is 10.1. The first-order chi connectivity index (χ1) is 8.52. The number of hydrogen-bond donors (Lipinski definition) is 1. The highest BCUT2D eigenvalue weighted by Crippen LogP contribution is 2.31. The summed E-state index contributed by atoms with van der Waals surface area (Å²) in [5.41, 5.74) is 0.192. The van der Waals surface area contributed by atoms with Crippen LogP contribution in [0.3, 0.4) is 0 Å². The van der Waals surface area contributed by atoms with Crippen LogP contribution < -0.4 is 5.63 Å². The lowest BCUT2D eigenvalue weighted by Gasteiger charge is -2.05. The third-order valence-electron chi connectivity index (χ3n) is 2.48. The molecule has 0 atom stereocenters.